The van der Waals surface area contributed by atoms with Gasteiger partial charge in [0.05, 0.1) is 30.3 Å². The second-order valence-corrected chi connectivity index (χ2v) is 9.04. The van der Waals surface area contributed by atoms with Crippen LogP contribution >= 0.6 is 24.0 Å². The maximum absolute atomic E-state index is 13.2. The summed E-state index contributed by atoms with van der Waals surface area (Å²) in [5.74, 6) is 0.242. The number of fused-ring (bicyclic) bond motifs is 1. The first-order valence-electron chi connectivity index (χ1n) is 10.3. The van der Waals surface area contributed by atoms with Crippen molar-refractivity contribution in [2.24, 2.45) is 0 Å². The van der Waals surface area contributed by atoms with Crippen molar-refractivity contribution in [3.05, 3.63) is 45.2 Å². The third kappa shape index (κ3) is 4.67. The van der Waals surface area contributed by atoms with E-state index in [1.54, 1.807) is 29.3 Å². The van der Waals surface area contributed by atoms with Gasteiger partial charge in [0.25, 0.3) is 11.5 Å². The normalized spacial score (nSPS) is 18.6. The number of amides is 1. The van der Waals surface area contributed by atoms with E-state index >= 15 is 0 Å². The zero-order chi connectivity index (χ0) is 21.8. The minimum atomic E-state index is -0.268. The van der Waals surface area contributed by atoms with Gasteiger partial charge in [-0.1, -0.05) is 42.9 Å². The fraction of sp³-hybridized carbons (Fsp3) is 0.429. The molecule has 2 aliphatic rings. The van der Waals surface area contributed by atoms with E-state index in [0.29, 0.717) is 39.4 Å². The van der Waals surface area contributed by atoms with Crippen LogP contribution in [0.3, 0.4) is 0 Å². The van der Waals surface area contributed by atoms with Crippen LogP contribution in [0.5, 0.6) is 0 Å². The monoisotopic (exact) mass is 460 g/mol. The number of hydrogen-bond acceptors (Lipinski definition) is 8. The van der Waals surface area contributed by atoms with E-state index in [0.717, 1.165) is 25.7 Å². The number of aliphatic hydroxyl groups is 1. The number of rotatable bonds is 8. The van der Waals surface area contributed by atoms with Crippen LogP contribution in [0.15, 0.2) is 34.1 Å². The third-order valence-corrected chi connectivity index (χ3v) is 6.66. The van der Waals surface area contributed by atoms with Gasteiger partial charge in [-0.25, -0.2) is 4.98 Å². The minimum Gasteiger partial charge on any atom is -0.394 e. The number of ether oxygens (including phenoxy) is 1. The molecule has 2 N–H and O–H groups in total. The van der Waals surface area contributed by atoms with Gasteiger partial charge in [0.15, 0.2) is 0 Å². The van der Waals surface area contributed by atoms with Crippen LogP contribution in [0.4, 0.5) is 5.82 Å². The van der Waals surface area contributed by atoms with E-state index in [4.69, 9.17) is 22.1 Å². The summed E-state index contributed by atoms with van der Waals surface area (Å²) in [6, 6.07) is 5.46. The predicted octanol–water partition coefficient (Wildman–Crippen LogP) is 2.26. The van der Waals surface area contributed by atoms with E-state index < -0.39 is 0 Å². The molecular weight excluding hydrogens is 436 g/mol. The van der Waals surface area contributed by atoms with Crippen molar-refractivity contribution in [3.8, 4) is 0 Å². The summed E-state index contributed by atoms with van der Waals surface area (Å²) in [6.07, 6.45) is 7.37. The lowest BCUT2D eigenvalue weighted by molar-refractivity contribution is -0.123. The van der Waals surface area contributed by atoms with Gasteiger partial charge in [-0.05, 0) is 31.1 Å². The molecule has 2 aromatic heterocycles. The Morgan fingerprint density at radius 2 is 2.10 bits per heavy atom. The second kappa shape index (κ2) is 9.90. The van der Waals surface area contributed by atoms with Crippen molar-refractivity contribution < 1.29 is 14.6 Å². The first-order chi connectivity index (χ1) is 15.1. The molecular formula is C21H24N4O4S2. The molecule has 0 radical (unpaired) electrons. The van der Waals surface area contributed by atoms with E-state index in [9.17, 15) is 9.59 Å². The van der Waals surface area contributed by atoms with E-state index in [-0.39, 0.29) is 30.7 Å². The molecule has 1 aliphatic carbocycles. The maximum Gasteiger partial charge on any atom is 0.267 e. The number of nitrogens with one attached hydrogen (secondary N) is 1. The highest BCUT2D eigenvalue weighted by Crippen LogP contribution is 2.38. The molecule has 3 heterocycles. The third-order valence-electron chi connectivity index (χ3n) is 5.33. The maximum atomic E-state index is 13.2. The lowest BCUT2D eigenvalue weighted by Crippen LogP contribution is -2.36. The molecule has 1 amide bonds. The van der Waals surface area contributed by atoms with Crippen LogP contribution < -0.4 is 10.9 Å². The highest BCUT2D eigenvalue weighted by atomic mass is 32.2. The number of carbonyl (C=O) groups is 1. The topological polar surface area (TPSA) is 96.2 Å². The van der Waals surface area contributed by atoms with Crippen LogP contribution in [0.25, 0.3) is 11.7 Å². The Morgan fingerprint density at radius 1 is 1.29 bits per heavy atom. The molecule has 10 heteroatoms. The molecule has 31 heavy (non-hydrogen) atoms. The summed E-state index contributed by atoms with van der Waals surface area (Å²) in [5.41, 5.74) is 0.537. The fourth-order valence-corrected chi connectivity index (χ4v) is 5.25. The molecule has 0 spiro atoms. The summed E-state index contributed by atoms with van der Waals surface area (Å²) in [4.78, 5) is 33.0. The second-order valence-electron chi connectivity index (χ2n) is 7.36. The molecule has 2 aromatic rings. The van der Waals surface area contributed by atoms with Gasteiger partial charge in [0, 0.05) is 18.8 Å². The number of thiocarbonyl (C=S) groups is 1. The summed E-state index contributed by atoms with van der Waals surface area (Å²) in [7, 11) is 0. The Kier molecular flexibility index (Phi) is 7.01. The molecule has 0 aromatic carbocycles. The number of carbonyl (C=O) groups excluding carboxylic acids is 1. The molecule has 0 atom stereocenters. The lowest BCUT2D eigenvalue weighted by atomic mass is 10.2. The molecule has 4 rings (SSSR count). The van der Waals surface area contributed by atoms with Gasteiger partial charge < -0.3 is 15.2 Å². The molecule has 2 fully saturated rings. The number of thioether (sulfide) groups is 1. The summed E-state index contributed by atoms with van der Waals surface area (Å²) in [6.45, 7) is 0.939. The molecule has 164 valence electrons. The zero-order valence-corrected chi connectivity index (χ0v) is 18.6. The smallest absolute Gasteiger partial charge is 0.267 e. The van der Waals surface area contributed by atoms with Crippen LogP contribution in [-0.4, -0.2) is 62.0 Å². The van der Waals surface area contributed by atoms with E-state index in [2.05, 4.69) is 10.3 Å². The van der Waals surface area contributed by atoms with Crippen molar-refractivity contribution in [1.82, 2.24) is 14.3 Å². The Labute approximate surface area is 189 Å². The number of nitrogens with zero attached hydrogens (tertiary/aromatic N) is 3. The highest BCUT2D eigenvalue weighted by molar-refractivity contribution is 8.26. The summed E-state index contributed by atoms with van der Waals surface area (Å²) in [5, 5.41) is 12.0. The number of aromatic nitrogens is 2. The minimum absolute atomic E-state index is 0.0519. The lowest BCUT2D eigenvalue weighted by Gasteiger charge is -2.21. The Morgan fingerprint density at radius 3 is 2.87 bits per heavy atom. The molecule has 1 saturated carbocycles. The first-order valence-corrected chi connectivity index (χ1v) is 11.5. The van der Waals surface area contributed by atoms with Gasteiger partial charge in [-0.2, -0.15) is 0 Å². The van der Waals surface area contributed by atoms with Crippen molar-refractivity contribution in [2.75, 3.05) is 31.7 Å². The number of aliphatic hydroxyl groups excluding tert-OH is 1. The first kappa shape index (κ1) is 21.9. The van der Waals surface area contributed by atoms with Crippen LogP contribution in [0, 0.1) is 0 Å². The zero-order valence-electron chi connectivity index (χ0n) is 17.0. The molecule has 0 unspecified atom stereocenters. The number of anilines is 1. The van der Waals surface area contributed by atoms with Crippen molar-refractivity contribution in [3.63, 3.8) is 0 Å². The van der Waals surface area contributed by atoms with Crippen molar-refractivity contribution in [1.29, 1.82) is 0 Å². The van der Waals surface area contributed by atoms with Crippen LogP contribution in [0.1, 0.15) is 31.2 Å². The van der Waals surface area contributed by atoms with Gasteiger partial charge in [-0.3, -0.25) is 18.9 Å². The summed E-state index contributed by atoms with van der Waals surface area (Å²) < 4.78 is 7.28. The fourth-order valence-electron chi connectivity index (χ4n) is 3.86. The van der Waals surface area contributed by atoms with Crippen molar-refractivity contribution >= 4 is 51.7 Å². The number of hydrogen-bond donors (Lipinski definition) is 2. The average molecular weight is 461 g/mol. The molecule has 1 aliphatic heterocycles. The number of pyridine rings is 1. The van der Waals surface area contributed by atoms with Gasteiger partial charge >= 0.3 is 0 Å². The Balaban J connectivity index is 1.67. The van der Waals surface area contributed by atoms with Gasteiger partial charge in [0.1, 0.15) is 15.8 Å². The van der Waals surface area contributed by atoms with E-state index in [1.165, 1.54) is 16.2 Å². The van der Waals surface area contributed by atoms with Crippen LogP contribution in [-0.2, 0) is 9.53 Å². The van der Waals surface area contributed by atoms with Crippen LogP contribution in [0.2, 0.25) is 0 Å². The highest BCUT2D eigenvalue weighted by Gasteiger charge is 2.38. The van der Waals surface area contributed by atoms with Gasteiger partial charge in [0.2, 0.25) is 0 Å². The summed E-state index contributed by atoms with van der Waals surface area (Å²) >= 11 is 6.71. The predicted molar refractivity (Wildman–Crippen MR) is 125 cm³/mol. The molecule has 1 saturated heterocycles. The quantitative estimate of drug-likeness (QED) is 0.352. The molecule has 0 bridgehead atoms. The largest absolute Gasteiger partial charge is 0.394 e. The molecule has 8 nitrogen and oxygen atoms in total. The van der Waals surface area contributed by atoms with E-state index in [1.807, 2.05) is 6.07 Å². The Hall–Kier alpha value is -2.27. The Bertz CT molecular complexity index is 1080. The van der Waals surface area contributed by atoms with Crippen molar-refractivity contribution in [2.45, 2.75) is 31.7 Å². The standard InChI is InChI=1S/C21H24N4O4S2/c26-10-12-29-11-8-22-18-15(19(27)24-9-4-3-7-17(24)23-18)13-16-20(28)25(21(30)31-16)14-5-1-2-6-14/h3-4,7,9,13-14,22,26H,1-2,5-6,8,10-12H2/b16-13-. The van der Waals surface area contributed by atoms with Gasteiger partial charge in [-0.15, -0.1) is 0 Å². The average Bonchev–Trinajstić information content (AvgIpc) is 3.38. The SMILES string of the molecule is O=C1/C(=C/c2c(NCCOCCO)nc3ccccn3c2=O)SC(=S)N1C1CCCC1.